The van der Waals surface area contributed by atoms with Crippen molar-refractivity contribution in [3.63, 3.8) is 0 Å². The second-order valence-corrected chi connectivity index (χ2v) is 7.04. The van der Waals surface area contributed by atoms with E-state index in [2.05, 4.69) is 29.8 Å². The zero-order valence-corrected chi connectivity index (χ0v) is 15.3. The molecular formula is C17H31N3O4. The molecule has 0 spiro atoms. The maximum absolute atomic E-state index is 12.3. The summed E-state index contributed by atoms with van der Waals surface area (Å²) in [6.45, 7) is 10.8. The van der Waals surface area contributed by atoms with E-state index >= 15 is 0 Å². The SMILES string of the molecule is CCOC(=O)[C@H]1N[C@@H]1C(=O)NC(CC(C)C)C(=O)NCCC(C)C. The van der Waals surface area contributed by atoms with E-state index in [1.165, 1.54) is 0 Å². The first-order valence-electron chi connectivity index (χ1n) is 8.77. The normalized spacial score (nSPS) is 20.6. The molecule has 1 rings (SSSR count). The van der Waals surface area contributed by atoms with Crippen LogP contribution in [0.25, 0.3) is 0 Å². The average Bonchev–Trinajstić information content (AvgIpc) is 3.26. The van der Waals surface area contributed by atoms with Gasteiger partial charge in [0, 0.05) is 6.54 Å². The summed E-state index contributed by atoms with van der Waals surface area (Å²) in [6, 6.07) is -1.80. The summed E-state index contributed by atoms with van der Waals surface area (Å²) >= 11 is 0. The molecule has 3 N–H and O–H groups in total. The number of rotatable bonds is 10. The molecule has 0 radical (unpaired) electrons. The van der Waals surface area contributed by atoms with E-state index in [-0.39, 0.29) is 24.3 Å². The van der Waals surface area contributed by atoms with E-state index < -0.39 is 24.1 Å². The Labute approximate surface area is 144 Å². The fraction of sp³-hybridized carbons (Fsp3) is 0.824. The van der Waals surface area contributed by atoms with Crippen molar-refractivity contribution in [1.29, 1.82) is 0 Å². The second kappa shape index (κ2) is 9.61. The molecule has 1 heterocycles. The van der Waals surface area contributed by atoms with E-state index in [1.807, 2.05) is 13.8 Å². The summed E-state index contributed by atoms with van der Waals surface area (Å²) in [5.41, 5.74) is 0. The highest BCUT2D eigenvalue weighted by molar-refractivity contribution is 5.97. The Morgan fingerprint density at radius 1 is 1.08 bits per heavy atom. The van der Waals surface area contributed by atoms with Crippen LogP contribution < -0.4 is 16.0 Å². The molecule has 1 aliphatic heterocycles. The maximum atomic E-state index is 12.3. The summed E-state index contributed by atoms with van der Waals surface area (Å²) < 4.78 is 4.88. The Bertz CT molecular complexity index is 451. The maximum Gasteiger partial charge on any atom is 0.325 e. The number of ether oxygens (including phenoxy) is 1. The van der Waals surface area contributed by atoms with Gasteiger partial charge in [-0.25, -0.2) is 0 Å². The van der Waals surface area contributed by atoms with E-state index in [9.17, 15) is 14.4 Å². The Morgan fingerprint density at radius 3 is 2.29 bits per heavy atom. The third-order valence-corrected chi connectivity index (χ3v) is 3.77. The van der Waals surface area contributed by atoms with Crippen molar-refractivity contribution in [2.75, 3.05) is 13.2 Å². The number of amides is 2. The fourth-order valence-corrected chi connectivity index (χ4v) is 2.37. The molecule has 1 fully saturated rings. The van der Waals surface area contributed by atoms with Gasteiger partial charge in [0.05, 0.1) is 6.61 Å². The van der Waals surface area contributed by atoms with Crippen LogP contribution in [0.3, 0.4) is 0 Å². The van der Waals surface area contributed by atoms with Crippen molar-refractivity contribution < 1.29 is 19.1 Å². The van der Waals surface area contributed by atoms with Crippen molar-refractivity contribution in [3.05, 3.63) is 0 Å². The number of esters is 1. The lowest BCUT2D eigenvalue weighted by Gasteiger charge is -2.20. The molecule has 0 aromatic heterocycles. The first-order chi connectivity index (χ1) is 11.3. The van der Waals surface area contributed by atoms with Crippen LogP contribution in [0.4, 0.5) is 0 Å². The zero-order valence-electron chi connectivity index (χ0n) is 15.3. The van der Waals surface area contributed by atoms with Crippen LogP contribution in [-0.2, 0) is 19.1 Å². The lowest BCUT2D eigenvalue weighted by Crippen LogP contribution is -2.49. The Hall–Kier alpha value is -1.63. The third kappa shape index (κ3) is 6.86. The van der Waals surface area contributed by atoms with Crippen LogP contribution in [0.5, 0.6) is 0 Å². The molecule has 2 amide bonds. The van der Waals surface area contributed by atoms with Gasteiger partial charge in [0.25, 0.3) is 0 Å². The first-order valence-corrected chi connectivity index (χ1v) is 8.77. The number of hydrogen-bond donors (Lipinski definition) is 3. The van der Waals surface area contributed by atoms with Crippen LogP contribution >= 0.6 is 0 Å². The summed E-state index contributed by atoms with van der Waals surface area (Å²) in [4.78, 5) is 36.1. The highest BCUT2D eigenvalue weighted by atomic mass is 16.5. The molecule has 7 heteroatoms. The predicted molar refractivity (Wildman–Crippen MR) is 91.2 cm³/mol. The molecule has 138 valence electrons. The van der Waals surface area contributed by atoms with Gasteiger partial charge >= 0.3 is 5.97 Å². The molecule has 0 aliphatic carbocycles. The highest BCUT2D eigenvalue weighted by Gasteiger charge is 2.49. The van der Waals surface area contributed by atoms with Crippen molar-refractivity contribution >= 4 is 17.8 Å². The number of carbonyl (C=O) groups is 3. The van der Waals surface area contributed by atoms with Gasteiger partial charge in [-0.05, 0) is 31.6 Å². The van der Waals surface area contributed by atoms with Gasteiger partial charge < -0.3 is 15.4 Å². The van der Waals surface area contributed by atoms with Gasteiger partial charge in [0.2, 0.25) is 11.8 Å². The Morgan fingerprint density at radius 2 is 1.75 bits per heavy atom. The standard InChI is InChI=1S/C17H31N3O4/c1-6-24-17(23)14-13(20-14)16(22)19-12(9-11(4)5)15(21)18-8-7-10(2)3/h10-14,20H,6-9H2,1-5H3,(H,18,21)(H,19,22)/t12?,13-,14-/m0/s1. The smallest absolute Gasteiger partial charge is 0.325 e. The summed E-state index contributed by atoms with van der Waals surface area (Å²) in [7, 11) is 0. The minimum atomic E-state index is -0.609. The van der Waals surface area contributed by atoms with Gasteiger partial charge in [-0.1, -0.05) is 27.7 Å². The third-order valence-electron chi connectivity index (χ3n) is 3.77. The van der Waals surface area contributed by atoms with Crippen LogP contribution in [0, 0.1) is 11.8 Å². The molecule has 1 unspecified atom stereocenters. The molecule has 0 aromatic carbocycles. The number of carbonyl (C=O) groups excluding carboxylic acids is 3. The van der Waals surface area contributed by atoms with E-state index in [1.54, 1.807) is 6.92 Å². The first kappa shape index (κ1) is 20.4. The van der Waals surface area contributed by atoms with Gasteiger partial charge in [-0.3, -0.25) is 19.7 Å². The molecule has 7 nitrogen and oxygen atoms in total. The van der Waals surface area contributed by atoms with Crippen molar-refractivity contribution in [2.45, 2.75) is 65.6 Å². The molecule has 3 atom stereocenters. The largest absolute Gasteiger partial charge is 0.465 e. The quantitative estimate of drug-likeness (QED) is 0.398. The van der Waals surface area contributed by atoms with E-state index in [0.717, 1.165) is 6.42 Å². The summed E-state index contributed by atoms with van der Waals surface area (Å²) in [5, 5.41) is 8.42. The summed E-state index contributed by atoms with van der Waals surface area (Å²) in [5.74, 6) is -0.174. The van der Waals surface area contributed by atoms with E-state index in [4.69, 9.17) is 4.74 Å². The van der Waals surface area contributed by atoms with Crippen LogP contribution in [0.1, 0.15) is 47.5 Å². The molecular weight excluding hydrogens is 310 g/mol. The van der Waals surface area contributed by atoms with Gasteiger partial charge in [0.1, 0.15) is 18.1 Å². The number of hydrogen-bond acceptors (Lipinski definition) is 5. The van der Waals surface area contributed by atoms with Crippen molar-refractivity contribution in [2.24, 2.45) is 11.8 Å². The average molecular weight is 341 g/mol. The summed E-state index contributed by atoms with van der Waals surface area (Å²) in [6.07, 6.45) is 1.44. The molecule has 24 heavy (non-hydrogen) atoms. The fourth-order valence-electron chi connectivity index (χ4n) is 2.37. The Kier molecular flexibility index (Phi) is 8.18. The molecule has 0 aromatic rings. The second-order valence-electron chi connectivity index (χ2n) is 7.04. The van der Waals surface area contributed by atoms with Crippen molar-refractivity contribution in [1.82, 2.24) is 16.0 Å². The van der Waals surface area contributed by atoms with Crippen molar-refractivity contribution in [3.8, 4) is 0 Å². The van der Waals surface area contributed by atoms with E-state index in [0.29, 0.717) is 18.9 Å². The number of nitrogens with one attached hydrogen (secondary N) is 3. The van der Waals surface area contributed by atoms with Gasteiger partial charge in [-0.2, -0.15) is 0 Å². The highest BCUT2D eigenvalue weighted by Crippen LogP contribution is 2.14. The zero-order chi connectivity index (χ0) is 18.3. The Balaban J connectivity index is 2.52. The topological polar surface area (TPSA) is 106 Å². The minimum absolute atomic E-state index is 0.175. The van der Waals surface area contributed by atoms with Gasteiger partial charge in [-0.15, -0.1) is 0 Å². The van der Waals surface area contributed by atoms with Crippen LogP contribution in [0.15, 0.2) is 0 Å². The molecule has 1 saturated heterocycles. The lowest BCUT2D eigenvalue weighted by atomic mass is 10.0. The van der Waals surface area contributed by atoms with Crippen LogP contribution in [-0.4, -0.2) is 49.1 Å². The molecule has 0 bridgehead atoms. The lowest BCUT2D eigenvalue weighted by molar-refractivity contribution is -0.143. The molecule has 0 saturated carbocycles. The predicted octanol–water partition coefficient (Wildman–Crippen LogP) is 0.583. The monoisotopic (exact) mass is 341 g/mol. The van der Waals surface area contributed by atoms with Crippen LogP contribution in [0.2, 0.25) is 0 Å². The van der Waals surface area contributed by atoms with Gasteiger partial charge in [0.15, 0.2) is 0 Å². The molecule has 1 aliphatic rings. The minimum Gasteiger partial charge on any atom is -0.465 e.